The molecule has 1 amide bonds. The van der Waals surface area contributed by atoms with Crippen molar-refractivity contribution in [3.8, 4) is 0 Å². The minimum absolute atomic E-state index is 0.244. The van der Waals surface area contributed by atoms with E-state index in [-0.39, 0.29) is 5.56 Å². The maximum absolute atomic E-state index is 13.2. The Labute approximate surface area is 147 Å². The second-order valence-corrected chi connectivity index (χ2v) is 6.06. The Morgan fingerprint density at radius 1 is 1.17 bits per heavy atom. The van der Waals surface area contributed by atoms with Crippen LogP contribution in [0.1, 0.15) is 22.3 Å². The van der Waals surface area contributed by atoms with E-state index in [2.05, 4.69) is 38.5 Å². The molecule has 119 valence electrons. The fourth-order valence-corrected chi connectivity index (χ4v) is 2.77. The average Bonchev–Trinajstić information content (AvgIpc) is 3.10. The molecule has 2 aromatic carbocycles. The van der Waals surface area contributed by atoms with Gasteiger partial charge in [-0.25, -0.2) is 0 Å². The van der Waals surface area contributed by atoms with Crippen LogP contribution in [0.5, 0.6) is 0 Å². The summed E-state index contributed by atoms with van der Waals surface area (Å²) in [4.78, 5) is 16.3. The number of halogens is 1. The fourth-order valence-electron chi connectivity index (χ4n) is 2.36. The van der Waals surface area contributed by atoms with E-state index < -0.39 is 11.7 Å². The summed E-state index contributed by atoms with van der Waals surface area (Å²) >= 11 is 2.71. The molecule has 0 unspecified atom stereocenters. The molecule has 0 bridgehead atoms. The molecule has 0 saturated heterocycles. The van der Waals surface area contributed by atoms with Crippen molar-refractivity contribution in [2.75, 3.05) is 0 Å². The van der Waals surface area contributed by atoms with E-state index in [1.807, 2.05) is 30.3 Å². The van der Waals surface area contributed by atoms with Crippen molar-refractivity contribution in [2.45, 2.75) is 6.42 Å². The molecule has 0 heterocycles. The van der Waals surface area contributed by atoms with Gasteiger partial charge < -0.3 is 0 Å². The molecule has 3 nitrogen and oxygen atoms in total. The summed E-state index contributed by atoms with van der Waals surface area (Å²) in [5.74, 6) is -0.863. The monoisotopic (exact) mass is 385 g/mol. The van der Waals surface area contributed by atoms with E-state index in [0.717, 1.165) is 17.7 Å². The Bertz CT molecular complexity index is 854. The van der Waals surface area contributed by atoms with E-state index in [4.69, 9.17) is 0 Å². The van der Waals surface area contributed by atoms with Crippen LogP contribution in [0.4, 0.5) is 10.1 Å². The molecular weight excluding hydrogens is 370 g/mol. The Morgan fingerprint density at radius 3 is 2.62 bits per heavy atom. The molecule has 0 fully saturated rings. The molecule has 0 aliphatic heterocycles. The summed E-state index contributed by atoms with van der Waals surface area (Å²) in [6, 6.07) is 13.3. The zero-order chi connectivity index (χ0) is 16.9. The quantitative estimate of drug-likeness (QED) is 0.489. The van der Waals surface area contributed by atoms with Crippen molar-refractivity contribution in [2.24, 2.45) is 4.99 Å². The summed E-state index contributed by atoms with van der Waals surface area (Å²) < 4.78 is 13.5. The number of amides is 1. The molecule has 1 N–H and O–H groups in total. The summed E-state index contributed by atoms with van der Waals surface area (Å²) in [6.45, 7) is 0. The molecule has 1 aliphatic carbocycles. The van der Waals surface area contributed by atoms with Crippen LogP contribution in [0.3, 0.4) is 0 Å². The van der Waals surface area contributed by atoms with Crippen LogP contribution in [0.2, 0.25) is 0 Å². The standard InChI is InChI=1S/C19H14FN2OSe/c20-16-7-3-6-15(12-16)18(23)22-19(24)21-17-10-8-14(9-11-17)13-4-1-2-5-13/h1-4,6-12H,5H2,(H,21,22,23). The van der Waals surface area contributed by atoms with Crippen LogP contribution in [0.25, 0.3) is 5.57 Å². The van der Waals surface area contributed by atoms with Crippen LogP contribution in [0.15, 0.2) is 71.8 Å². The third-order valence-corrected chi connectivity index (χ3v) is 3.95. The first-order valence-corrected chi connectivity index (χ1v) is 8.26. The van der Waals surface area contributed by atoms with Crippen LogP contribution >= 0.6 is 0 Å². The van der Waals surface area contributed by atoms with E-state index >= 15 is 0 Å². The Hall–Kier alpha value is -2.49. The van der Waals surface area contributed by atoms with Gasteiger partial charge in [-0.05, 0) is 0 Å². The normalized spacial score (nSPS) is 13.7. The van der Waals surface area contributed by atoms with Gasteiger partial charge in [-0.3, -0.25) is 0 Å². The molecule has 1 radical (unpaired) electrons. The first kappa shape index (κ1) is 16.4. The number of benzene rings is 2. The zero-order valence-electron chi connectivity index (χ0n) is 12.7. The van der Waals surface area contributed by atoms with Crippen LogP contribution in [0, 0.1) is 5.82 Å². The molecule has 3 rings (SSSR count). The number of hydrogen-bond acceptors (Lipinski definition) is 2. The van der Waals surface area contributed by atoms with Crippen molar-refractivity contribution in [1.82, 2.24) is 5.32 Å². The van der Waals surface area contributed by atoms with Crippen molar-refractivity contribution < 1.29 is 9.18 Å². The molecule has 5 heteroatoms. The van der Waals surface area contributed by atoms with Gasteiger partial charge in [0.25, 0.3) is 0 Å². The van der Waals surface area contributed by atoms with Gasteiger partial charge in [-0.15, -0.1) is 0 Å². The molecular formula is C19H14FN2OSe. The first-order valence-electron chi connectivity index (χ1n) is 7.40. The number of hydrogen-bond donors (Lipinski definition) is 1. The van der Waals surface area contributed by atoms with E-state index in [9.17, 15) is 9.18 Å². The molecule has 0 spiro atoms. The molecule has 24 heavy (non-hydrogen) atoms. The molecule has 0 atom stereocenters. The predicted octanol–water partition coefficient (Wildman–Crippen LogP) is 3.76. The van der Waals surface area contributed by atoms with Gasteiger partial charge in [0.15, 0.2) is 0 Å². The Morgan fingerprint density at radius 2 is 1.96 bits per heavy atom. The molecule has 2 aromatic rings. The zero-order valence-corrected chi connectivity index (χ0v) is 14.4. The van der Waals surface area contributed by atoms with Gasteiger partial charge in [-0.1, -0.05) is 0 Å². The molecule has 0 aromatic heterocycles. The van der Waals surface area contributed by atoms with Crippen molar-refractivity contribution in [3.63, 3.8) is 0 Å². The van der Waals surface area contributed by atoms with Gasteiger partial charge in [0.2, 0.25) is 0 Å². The number of nitrogens with zero attached hydrogens (tertiary/aromatic N) is 1. The van der Waals surface area contributed by atoms with Gasteiger partial charge >= 0.3 is 148 Å². The van der Waals surface area contributed by atoms with Crippen LogP contribution in [-0.4, -0.2) is 26.7 Å². The van der Waals surface area contributed by atoms with Gasteiger partial charge in [0.1, 0.15) is 0 Å². The van der Waals surface area contributed by atoms with Crippen molar-refractivity contribution >= 4 is 37.9 Å². The Balaban J connectivity index is 1.68. The van der Waals surface area contributed by atoms with E-state index in [1.54, 1.807) is 6.07 Å². The summed E-state index contributed by atoms with van der Waals surface area (Å²) in [5, 5.41) is 2.61. The van der Waals surface area contributed by atoms with Crippen molar-refractivity contribution in [3.05, 3.63) is 83.7 Å². The summed E-state index contributed by atoms with van der Waals surface area (Å²) in [7, 11) is 0. The second kappa shape index (κ2) is 7.39. The van der Waals surface area contributed by atoms with E-state index in [0.29, 0.717) is 4.73 Å². The fraction of sp³-hybridized carbons (Fsp3) is 0.0526. The minimum atomic E-state index is -0.451. The maximum atomic E-state index is 13.2. The number of carbonyl (C=O) groups is 1. The number of allylic oxidation sites excluding steroid dienone is 4. The Kier molecular flexibility index (Phi) is 5.04. The van der Waals surface area contributed by atoms with Crippen LogP contribution < -0.4 is 5.32 Å². The van der Waals surface area contributed by atoms with Gasteiger partial charge in [-0.2, -0.15) is 0 Å². The third kappa shape index (κ3) is 4.07. The number of rotatable bonds is 3. The third-order valence-electron chi connectivity index (χ3n) is 3.55. The predicted molar refractivity (Wildman–Crippen MR) is 94.9 cm³/mol. The molecule has 0 saturated carbocycles. The van der Waals surface area contributed by atoms with Gasteiger partial charge in [0, 0.05) is 0 Å². The first-order chi connectivity index (χ1) is 11.6. The molecule has 1 aliphatic rings. The average molecular weight is 384 g/mol. The second-order valence-electron chi connectivity index (χ2n) is 5.25. The van der Waals surface area contributed by atoms with Gasteiger partial charge in [0.05, 0.1) is 0 Å². The number of aliphatic imine (C=N–C) groups is 1. The summed E-state index contributed by atoms with van der Waals surface area (Å²) in [6.07, 6.45) is 7.19. The topological polar surface area (TPSA) is 41.5 Å². The number of carbonyl (C=O) groups excluding carboxylic acids is 1. The number of amidine groups is 1. The van der Waals surface area contributed by atoms with Crippen LogP contribution in [-0.2, 0) is 0 Å². The van der Waals surface area contributed by atoms with Crippen molar-refractivity contribution in [1.29, 1.82) is 0 Å². The van der Waals surface area contributed by atoms with E-state index in [1.165, 1.54) is 23.8 Å². The summed E-state index contributed by atoms with van der Waals surface area (Å²) in [5.41, 5.74) is 3.39. The number of nitrogens with one attached hydrogen (secondary N) is 1. The SMILES string of the molecule is O=C(NC([Se])=Nc1ccc(C2=CC=CC2)cc1)c1cccc(F)c1.